The molecule has 158 valence electrons. The number of halogens is 2. The van der Waals surface area contributed by atoms with Gasteiger partial charge >= 0.3 is 5.97 Å². The Hall–Kier alpha value is -2.95. The molecule has 0 aliphatic carbocycles. The summed E-state index contributed by atoms with van der Waals surface area (Å²) in [6.07, 6.45) is 2.35. The van der Waals surface area contributed by atoms with Gasteiger partial charge in [-0.1, -0.05) is 42.3 Å². The van der Waals surface area contributed by atoms with Gasteiger partial charge in [-0.2, -0.15) is 0 Å². The Morgan fingerprint density at radius 3 is 2.52 bits per heavy atom. The number of aliphatic carboxylic acids is 1. The second kappa shape index (κ2) is 9.04. The van der Waals surface area contributed by atoms with E-state index < -0.39 is 11.9 Å². The van der Waals surface area contributed by atoms with E-state index in [0.717, 1.165) is 33.2 Å². The topological polar surface area (TPSA) is 62.3 Å². The summed E-state index contributed by atoms with van der Waals surface area (Å²) in [5.74, 6) is -0.577. The van der Waals surface area contributed by atoms with E-state index in [2.05, 4.69) is 11.1 Å². The van der Waals surface area contributed by atoms with E-state index in [4.69, 9.17) is 27.9 Å². The van der Waals surface area contributed by atoms with E-state index in [0.29, 0.717) is 28.8 Å². The summed E-state index contributed by atoms with van der Waals surface area (Å²) >= 11 is 12.2. The second-order valence-corrected chi connectivity index (χ2v) is 8.49. The van der Waals surface area contributed by atoms with Crippen LogP contribution in [-0.2, 0) is 17.8 Å². The van der Waals surface area contributed by atoms with Gasteiger partial charge in [0.25, 0.3) is 0 Å². The highest BCUT2D eigenvalue weighted by Gasteiger charge is 2.15. The Bertz CT molecular complexity index is 1230. The van der Waals surface area contributed by atoms with Crippen molar-refractivity contribution in [2.24, 2.45) is 5.92 Å². The minimum atomic E-state index is -0.812. The van der Waals surface area contributed by atoms with Gasteiger partial charge in [0.1, 0.15) is 12.4 Å². The molecule has 3 aromatic carbocycles. The molecule has 0 saturated carbocycles. The normalized spacial score (nSPS) is 12.1. The van der Waals surface area contributed by atoms with Crippen LogP contribution in [0.3, 0.4) is 0 Å². The van der Waals surface area contributed by atoms with Gasteiger partial charge in [-0.05, 0) is 77.0 Å². The first-order valence-electron chi connectivity index (χ1n) is 9.90. The number of aromatic nitrogens is 1. The molecule has 6 heteroatoms. The molecule has 0 bridgehead atoms. The summed E-state index contributed by atoms with van der Waals surface area (Å²) < 4.78 is 6.15. The van der Waals surface area contributed by atoms with Gasteiger partial charge < -0.3 is 14.8 Å². The molecule has 0 saturated heterocycles. The number of ether oxygens (including phenoxy) is 1. The molecule has 4 aromatic rings. The van der Waals surface area contributed by atoms with Crippen molar-refractivity contribution >= 4 is 40.1 Å². The Balaban J connectivity index is 1.69. The summed E-state index contributed by atoms with van der Waals surface area (Å²) in [4.78, 5) is 14.5. The maximum atomic E-state index is 11.3. The highest BCUT2D eigenvalue weighted by molar-refractivity contribution is 6.34. The van der Waals surface area contributed by atoms with Crippen LogP contribution in [0, 0.1) is 5.92 Å². The van der Waals surface area contributed by atoms with E-state index in [9.17, 15) is 9.90 Å². The summed E-state index contributed by atoms with van der Waals surface area (Å²) in [5.41, 5.74) is 4.77. The molecule has 1 aromatic heterocycles. The smallest absolute Gasteiger partial charge is 0.306 e. The van der Waals surface area contributed by atoms with Crippen molar-refractivity contribution in [2.45, 2.75) is 20.0 Å². The Labute approximate surface area is 190 Å². The first-order chi connectivity index (χ1) is 14.9. The predicted molar refractivity (Wildman–Crippen MR) is 125 cm³/mol. The molecule has 0 aliphatic rings. The van der Waals surface area contributed by atoms with Crippen molar-refractivity contribution in [1.82, 2.24) is 4.98 Å². The molecule has 31 heavy (non-hydrogen) atoms. The maximum absolute atomic E-state index is 11.3. The lowest BCUT2D eigenvalue weighted by atomic mass is 9.96. The third-order valence-corrected chi connectivity index (χ3v) is 5.62. The van der Waals surface area contributed by atoms with Crippen LogP contribution in [0.25, 0.3) is 22.0 Å². The van der Waals surface area contributed by atoms with E-state index >= 15 is 0 Å². The average molecular weight is 454 g/mol. The van der Waals surface area contributed by atoms with Gasteiger partial charge in [0.05, 0.1) is 5.92 Å². The number of benzene rings is 3. The number of rotatable bonds is 7. The van der Waals surface area contributed by atoms with Crippen LogP contribution in [-0.4, -0.2) is 16.1 Å². The largest absolute Gasteiger partial charge is 0.488 e. The number of carboxylic acids is 1. The van der Waals surface area contributed by atoms with Gasteiger partial charge in [0.2, 0.25) is 0 Å². The molecular formula is C25H21Cl2NO3. The lowest BCUT2D eigenvalue weighted by Crippen LogP contribution is -2.12. The monoisotopic (exact) mass is 453 g/mol. The highest BCUT2D eigenvalue weighted by atomic mass is 35.5. The number of nitrogens with one attached hydrogen (secondary N) is 1. The lowest BCUT2D eigenvalue weighted by Gasteiger charge is -2.15. The van der Waals surface area contributed by atoms with Crippen molar-refractivity contribution in [3.05, 3.63) is 88.0 Å². The molecule has 1 atom stereocenters. The number of hydrogen-bond donors (Lipinski definition) is 2. The molecule has 0 fully saturated rings. The quantitative estimate of drug-likeness (QED) is 0.317. The van der Waals surface area contributed by atoms with E-state index in [-0.39, 0.29) is 0 Å². The zero-order valence-corrected chi connectivity index (χ0v) is 18.4. The average Bonchev–Trinajstić information content (AvgIpc) is 3.20. The fourth-order valence-corrected chi connectivity index (χ4v) is 4.14. The Morgan fingerprint density at radius 2 is 1.77 bits per heavy atom. The number of fused-ring (bicyclic) bond motifs is 1. The fourth-order valence-electron chi connectivity index (χ4n) is 3.57. The van der Waals surface area contributed by atoms with Crippen LogP contribution in [0.15, 0.2) is 66.9 Å². The van der Waals surface area contributed by atoms with E-state index in [1.165, 1.54) is 0 Å². The molecule has 2 N–H and O–H groups in total. The maximum Gasteiger partial charge on any atom is 0.306 e. The van der Waals surface area contributed by atoms with E-state index in [1.54, 1.807) is 13.0 Å². The minimum Gasteiger partial charge on any atom is -0.488 e. The van der Waals surface area contributed by atoms with Crippen LogP contribution < -0.4 is 4.74 Å². The zero-order valence-electron chi connectivity index (χ0n) is 16.9. The SMILES string of the molecule is CC(Cc1ccc(OCc2cc(Cl)cc(Cl)c2)c(-c2ccc3[nH]ccc3c2)c1)C(=O)O. The molecule has 1 heterocycles. The Morgan fingerprint density at radius 1 is 1.00 bits per heavy atom. The van der Waals surface area contributed by atoms with Crippen LogP contribution in [0.5, 0.6) is 5.75 Å². The van der Waals surface area contributed by atoms with Crippen molar-refractivity contribution in [2.75, 3.05) is 0 Å². The van der Waals surface area contributed by atoms with Crippen LogP contribution >= 0.6 is 23.2 Å². The van der Waals surface area contributed by atoms with Crippen molar-refractivity contribution in [1.29, 1.82) is 0 Å². The first-order valence-corrected chi connectivity index (χ1v) is 10.7. The second-order valence-electron chi connectivity index (χ2n) is 7.62. The lowest BCUT2D eigenvalue weighted by molar-refractivity contribution is -0.141. The van der Waals surface area contributed by atoms with Gasteiger partial charge in [0, 0.05) is 27.3 Å². The molecule has 0 aliphatic heterocycles. The first kappa shape index (κ1) is 21.3. The third kappa shape index (κ3) is 5.04. The third-order valence-electron chi connectivity index (χ3n) is 5.19. The fraction of sp³-hybridized carbons (Fsp3) is 0.160. The van der Waals surface area contributed by atoms with E-state index in [1.807, 2.05) is 54.7 Å². The molecule has 4 rings (SSSR count). The van der Waals surface area contributed by atoms with Crippen LogP contribution in [0.2, 0.25) is 10.0 Å². The molecule has 0 radical (unpaired) electrons. The number of H-pyrrole nitrogens is 1. The van der Waals surface area contributed by atoms with Crippen molar-refractivity contribution in [3.63, 3.8) is 0 Å². The van der Waals surface area contributed by atoms with Crippen LogP contribution in [0.4, 0.5) is 0 Å². The molecular weight excluding hydrogens is 433 g/mol. The number of carboxylic acid groups (broad SMARTS) is 1. The number of carbonyl (C=O) groups is 1. The molecule has 4 nitrogen and oxygen atoms in total. The van der Waals surface area contributed by atoms with Crippen LogP contribution in [0.1, 0.15) is 18.1 Å². The predicted octanol–water partition coefficient (Wildman–Crippen LogP) is 6.98. The van der Waals surface area contributed by atoms with Gasteiger partial charge in [-0.15, -0.1) is 0 Å². The molecule has 1 unspecified atom stereocenters. The standard InChI is InChI=1S/C25H21Cl2NO3/c1-15(25(29)30)8-16-2-5-24(31-14-17-9-20(26)13-21(27)10-17)22(11-16)18-3-4-23-19(12-18)6-7-28-23/h2-7,9-13,15,28H,8,14H2,1H3,(H,29,30). The van der Waals surface area contributed by atoms with Gasteiger partial charge in [-0.3, -0.25) is 4.79 Å². The number of aromatic amines is 1. The zero-order chi connectivity index (χ0) is 22.0. The molecule has 0 amide bonds. The summed E-state index contributed by atoms with van der Waals surface area (Å²) in [7, 11) is 0. The van der Waals surface area contributed by atoms with Gasteiger partial charge in [-0.25, -0.2) is 0 Å². The van der Waals surface area contributed by atoms with Crippen molar-refractivity contribution in [3.8, 4) is 16.9 Å². The minimum absolute atomic E-state index is 0.310. The van der Waals surface area contributed by atoms with Crippen molar-refractivity contribution < 1.29 is 14.6 Å². The summed E-state index contributed by atoms with van der Waals surface area (Å²) in [6, 6.07) is 19.3. The summed E-state index contributed by atoms with van der Waals surface area (Å²) in [5, 5.41) is 11.5. The number of hydrogen-bond acceptors (Lipinski definition) is 2. The summed E-state index contributed by atoms with van der Waals surface area (Å²) in [6.45, 7) is 2.02. The van der Waals surface area contributed by atoms with Gasteiger partial charge in [0.15, 0.2) is 0 Å². The molecule has 0 spiro atoms. The highest BCUT2D eigenvalue weighted by Crippen LogP contribution is 2.34. The Kier molecular flexibility index (Phi) is 6.21.